The Kier molecular flexibility index (Phi) is 5.40. The maximum Gasteiger partial charge on any atom is 0.287 e. The molecule has 1 atom stereocenters. The first-order valence-electron chi connectivity index (χ1n) is 8.44. The van der Waals surface area contributed by atoms with Crippen LogP contribution in [0.25, 0.3) is 0 Å². The molecule has 1 aromatic heterocycles. The monoisotopic (exact) mass is 358 g/mol. The standard InChI is InChI=1S/C18H22N4O4/c1-25-16-8-14(9-17(10-16)26-2)20-13-4-3-7-21(12-13)18-6-5-15(11-19-18)22(23)24/h5-6,8-11,13,20H,3-4,7,12H2,1-2H3. The van der Waals surface area contributed by atoms with E-state index in [1.165, 1.54) is 12.3 Å². The summed E-state index contributed by atoms with van der Waals surface area (Å²) in [6, 6.07) is 9.13. The van der Waals surface area contributed by atoms with Gasteiger partial charge in [-0.25, -0.2) is 4.98 Å². The predicted molar refractivity (Wildman–Crippen MR) is 99.3 cm³/mol. The lowest BCUT2D eigenvalue weighted by Crippen LogP contribution is -2.42. The van der Waals surface area contributed by atoms with Gasteiger partial charge in [-0.05, 0) is 18.9 Å². The zero-order valence-electron chi connectivity index (χ0n) is 14.8. The van der Waals surface area contributed by atoms with Crippen LogP contribution in [0.5, 0.6) is 11.5 Å². The minimum Gasteiger partial charge on any atom is -0.497 e. The lowest BCUT2D eigenvalue weighted by atomic mass is 10.1. The second kappa shape index (κ2) is 7.90. The van der Waals surface area contributed by atoms with E-state index in [-0.39, 0.29) is 11.7 Å². The third-order valence-electron chi connectivity index (χ3n) is 4.41. The van der Waals surface area contributed by atoms with E-state index in [0.29, 0.717) is 0 Å². The van der Waals surface area contributed by atoms with Gasteiger partial charge in [-0.2, -0.15) is 0 Å². The van der Waals surface area contributed by atoms with Crippen molar-refractivity contribution in [2.24, 2.45) is 0 Å². The quantitative estimate of drug-likeness (QED) is 0.627. The van der Waals surface area contributed by atoms with Crippen LogP contribution >= 0.6 is 0 Å². The molecule has 1 saturated heterocycles. The Labute approximate surface area is 151 Å². The highest BCUT2D eigenvalue weighted by atomic mass is 16.6. The number of hydrogen-bond acceptors (Lipinski definition) is 7. The molecular weight excluding hydrogens is 336 g/mol. The van der Waals surface area contributed by atoms with Gasteiger partial charge >= 0.3 is 0 Å². The van der Waals surface area contributed by atoms with Crippen LogP contribution in [0, 0.1) is 10.1 Å². The summed E-state index contributed by atoms with van der Waals surface area (Å²) in [6.07, 6.45) is 3.35. The van der Waals surface area contributed by atoms with E-state index in [9.17, 15) is 10.1 Å². The molecule has 138 valence electrons. The number of aromatic nitrogens is 1. The minimum atomic E-state index is -0.437. The number of piperidine rings is 1. The fourth-order valence-electron chi connectivity index (χ4n) is 3.10. The van der Waals surface area contributed by atoms with Gasteiger partial charge in [-0.3, -0.25) is 10.1 Å². The molecule has 0 bridgehead atoms. The molecule has 8 nitrogen and oxygen atoms in total. The summed E-state index contributed by atoms with van der Waals surface area (Å²) in [5, 5.41) is 14.3. The van der Waals surface area contributed by atoms with Crippen molar-refractivity contribution in [2.75, 3.05) is 37.5 Å². The number of pyridine rings is 1. The van der Waals surface area contributed by atoms with Gasteiger partial charge in [0.25, 0.3) is 5.69 Å². The molecule has 0 aliphatic carbocycles. The molecular formula is C18H22N4O4. The minimum absolute atomic E-state index is 0.00362. The third kappa shape index (κ3) is 4.14. The van der Waals surface area contributed by atoms with Gasteiger partial charge in [0.15, 0.2) is 0 Å². The number of rotatable bonds is 6. The summed E-state index contributed by atoms with van der Waals surface area (Å²) in [7, 11) is 3.25. The van der Waals surface area contributed by atoms with Gasteiger partial charge in [-0.1, -0.05) is 0 Å². The van der Waals surface area contributed by atoms with Crippen molar-refractivity contribution in [2.45, 2.75) is 18.9 Å². The van der Waals surface area contributed by atoms with E-state index in [1.807, 2.05) is 18.2 Å². The molecule has 1 unspecified atom stereocenters. The number of ether oxygens (including phenoxy) is 2. The Hall–Kier alpha value is -3.03. The largest absolute Gasteiger partial charge is 0.497 e. The van der Waals surface area contributed by atoms with Crippen molar-refractivity contribution in [1.29, 1.82) is 0 Å². The van der Waals surface area contributed by atoms with Crippen LogP contribution in [0.1, 0.15) is 12.8 Å². The number of hydrogen-bond donors (Lipinski definition) is 1. The van der Waals surface area contributed by atoms with Crippen molar-refractivity contribution < 1.29 is 14.4 Å². The normalized spacial score (nSPS) is 16.8. The van der Waals surface area contributed by atoms with Crippen LogP contribution in [-0.4, -0.2) is 43.3 Å². The summed E-state index contributed by atoms with van der Waals surface area (Å²) in [4.78, 5) is 16.7. The zero-order chi connectivity index (χ0) is 18.5. The van der Waals surface area contributed by atoms with Gasteiger partial charge in [0.05, 0.1) is 19.1 Å². The molecule has 1 aromatic carbocycles. The molecule has 2 heterocycles. The van der Waals surface area contributed by atoms with Gasteiger partial charge in [-0.15, -0.1) is 0 Å². The summed E-state index contributed by atoms with van der Waals surface area (Å²) >= 11 is 0. The smallest absolute Gasteiger partial charge is 0.287 e. The number of anilines is 2. The lowest BCUT2D eigenvalue weighted by molar-refractivity contribution is -0.385. The Morgan fingerprint density at radius 1 is 1.23 bits per heavy atom. The molecule has 3 rings (SSSR count). The zero-order valence-corrected chi connectivity index (χ0v) is 14.8. The predicted octanol–water partition coefficient (Wildman–Crippen LogP) is 3.09. The summed E-state index contributed by atoms with van der Waals surface area (Å²) < 4.78 is 10.6. The third-order valence-corrected chi connectivity index (χ3v) is 4.41. The fourth-order valence-corrected chi connectivity index (χ4v) is 3.10. The van der Waals surface area contributed by atoms with Gasteiger partial charge in [0.1, 0.15) is 23.5 Å². The van der Waals surface area contributed by atoms with E-state index < -0.39 is 4.92 Å². The van der Waals surface area contributed by atoms with Gasteiger partial charge < -0.3 is 19.7 Å². The van der Waals surface area contributed by atoms with Crippen molar-refractivity contribution in [3.63, 3.8) is 0 Å². The molecule has 2 aromatic rings. The SMILES string of the molecule is COc1cc(NC2CCCN(c3ccc([N+](=O)[O-])cn3)C2)cc(OC)c1. The summed E-state index contributed by atoms with van der Waals surface area (Å²) in [6.45, 7) is 1.65. The van der Waals surface area contributed by atoms with E-state index in [1.54, 1.807) is 20.3 Å². The highest BCUT2D eigenvalue weighted by Gasteiger charge is 2.21. The number of nitrogens with zero attached hydrogens (tertiary/aromatic N) is 3. The Morgan fingerprint density at radius 3 is 2.54 bits per heavy atom. The second-order valence-electron chi connectivity index (χ2n) is 6.16. The molecule has 1 N–H and O–H groups in total. The van der Waals surface area contributed by atoms with Crippen LogP contribution in [0.2, 0.25) is 0 Å². The number of methoxy groups -OCH3 is 2. The van der Waals surface area contributed by atoms with Crippen molar-refractivity contribution in [3.05, 3.63) is 46.6 Å². The molecule has 0 radical (unpaired) electrons. The molecule has 1 aliphatic heterocycles. The fraction of sp³-hybridized carbons (Fsp3) is 0.389. The van der Waals surface area contributed by atoms with Crippen molar-refractivity contribution in [1.82, 2.24) is 4.98 Å². The molecule has 0 spiro atoms. The molecule has 8 heteroatoms. The van der Waals surface area contributed by atoms with Crippen LogP contribution in [0.4, 0.5) is 17.2 Å². The number of nitro groups is 1. The Balaban J connectivity index is 1.69. The van der Waals surface area contributed by atoms with Crippen LogP contribution in [-0.2, 0) is 0 Å². The summed E-state index contributed by atoms with van der Waals surface area (Å²) in [5.74, 6) is 2.22. The van der Waals surface area contributed by atoms with Crippen molar-refractivity contribution >= 4 is 17.2 Å². The molecule has 26 heavy (non-hydrogen) atoms. The molecule has 0 amide bonds. The Morgan fingerprint density at radius 2 is 1.96 bits per heavy atom. The first-order valence-corrected chi connectivity index (χ1v) is 8.44. The van der Waals surface area contributed by atoms with E-state index in [2.05, 4.69) is 15.2 Å². The second-order valence-corrected chi connectivity index (χ2v) is 6.16. The maximum absolute atomic E-state index is 10.8. The highest BCUT2D eigenvalue weighted by Crippen LogP contribution is 2.28. The molecule has 1 aliphatic rings. The van der Waals surface area contributed by atoms with Gasteiger partial charge in [0, 0.05) is 49.1 Å². The topological polar surface area (TPSA) is 89.8 Å². The van der Waals surface area contributed by atoms with Gasteiger partial charge in [0.2, 0.25) is 0 Å². The number of benzene rings is 1. The average molecular weight is 358 g/mol. The van der Waals surface area contributed by atoms with Crippen LogP contribution in [0.15, 0.2) is 36.5 Å². The lowest BCUT2D eigenvalue weighted by Gasteiger charge is -2.34. The van der Waals surface area contributed by atoms with E-state index >= 15 is 0 Å². The Bertz CT molecular complexity index is 744. The maximum atomic E-state index is 10.8. The van der Waals surface area contributed by atoms with E-state index in [4.69, 9.17) is 9.47 Å². The highest BCUT2D eigenvalue weighted by molar-refractivity contribution is 5.55. The first kappa shape index (κ1) is 17.8. The van der Waals surface area contributed by atoms with Crippen molar-refractivity contribution in [3.8, 4) is 11.5 Å². The number of nitrogens with one attached hydrogen (secondary N) is 1. The van der Waals surface area contributed by atoms with E-state index in [0.717, 1.165) is 48.9 Å². The van der Waals surface area contributed by atoms with Crippen LogP contribution < -0.4 is 19.7 Å². The summed E-state index contributed by atoms with van der Waals surface area (Å²) in [5.41, 5.74) is 0.939. The average Bonchev–Trinajstić information content (AvgIpc) is 2.68. The van der Waals surface area contributed by atoms with Crippen LogP contribution in [0.3, 0.4) is 0 Å². The first-order chi connectivity index (χ1) is 12.6. The molecule has 1 fully saturated rings. The molecule has 0 saturated carbocycles.